The zero-order valence-electron chi connectivity index (χ0n) is 11.0. The molecule has 1 nitrogen and oxygen atoms in total. The molecule has 0 saturated carbocycles. The van der Waals surface area contributed by atoms with Crippen molar-refractivity contribution in [2.75, 3.05) is 0 Å². The van der Waals surface area contributed by atoms with Gasteiger partial charge in [0, 0.05) is 10.8 Å². The Bertz CT molecular complexity index is 521. The largest absolute Gasteiger partial charge is 0.388 e. The van der Waals surface area contributed by atoms with Gasteiger partial charge in [-0.1, -0.05) is 73.8 Å². The molecule has 2 rings (SSSR count). The molecule has 0 spiro atoms. The van der Waals surface area contributed by atoms with Crippen LogP contribution in [0.2, 0.25) is 0 Å². The molecule has 0 fully saturated rings. The number of benzene rings is 2. The minimum atomic E-state index is -0.509. The molecular weight excluding hydrogens is 252 g/mol. The summed E-state index contributed by atoms with van der Waals surface area (Å²) in [5.41, 5.74) is 0.935. The minimum absolute atomic E-state index is 0.00704. The number of hydrogen-bond donors (Lipinski definition) is 1. The number of hydrogen-bond acceptors (Lipinski definition) is 2. The highest BCUT2D eigenvalue weighted by Gasteiger charge is 2.19. The molecule has 0 aliphatic rings. The Kier molecular flexibility index (Phi) is 4.83. The zero-order valence-corrected chi connectivity index (χ0v) is 11.8. The van der Waals surface area contributed by atoms with Crippen LogP contribution in [0.5, 0.6) is 0 Å². The maximum absolute atomic E-state index is 10.4. The molecule has 0 heterocycles. The summed E-state index contributed by atoms with van der Waals surface area (Å²) < 4.78 is 0. The van der Waals surface area contributed by atoms with Crippen LogP contribution in [-0.2, 0) is 0 Å². The predicted molar refractivity (Wildman–Crippen MR) is 82.0 cm³/mol. The van der Waals surface area contributed by atoms with Crippen LogP contribution >= 0.6 is 11.8 Å². The quantitative estimate of drug-likeness (QED) is 0.797. The summed E-state index contributed by atoms with van der Waals surface area (Å²) in [6.07, 6.45) is -0.509. The normalized spacial score (nSPS) is 13.8. The van der Waals surface area contributed by atoms with Gasteiger partial charge in [0.2, 0.25) is 0 Å². The van der Waals surface area contributed by atoms with Crippen LogP contribution in [-0.4, -0.2) is 5.11 Å². The van der Waals surface area contributed by atoms with Gasteiger partial charge in [-0.05, 0) is 22.6 Å². The summed E-state index contributed by atoms with van der Waals surface area (Å²) in [7, 11) is 0. The first-order valence-electron chi connectivity index (χ1n) is 6.33. The second-order valence-electron chi connectivity index (χ2n) is 4.53. The van der Waals surface area contributed by atoms with Gasteiger partial charge < -0.3 is 5.11 Å². The SMILES string of the molecule is C=C(Sc1ccccc1)[C@H](C)[C@H](O)c1ccccc1. The van der Waals surface area contributed by atoms with Gasteiger partial charge in [0.05, 0.1) is 6.10 Å². The van der Waals surface area contributed by atoms with Crippen molar-refractivity contribution in [1.82, 2.24) is 0 Å². The van der Waals surface area contributed by atoms with Crippen molar-refractivity contribution in [2.45, 2.75) is 17.9 Å². The van der Waals surface area contributed by atoms with E-state index in [-0.39, 0.29) is 5.92 Å². The fourth-order valence-corrected chi connectivity index (χ4v) is 2.76. The third-order valence-corrected chi connectivity index (χ3v) is 4.26. The molecular formula is C17H18OS. The fraction of sp³-hybridized carbons (Fsp3) is 0.176. The van der Waals surface area contributed by atoms with E-state index in [0.717, 1.165) is 15.4 Å². The van der Waals surface area contributed by atoms with Crippen LogP contribution in [0, 0.1) is 5.92 Å². The van der Waals surface area contributed by atoms with E-state index in [0.29, 0.717) is 0 Å². The molecule has 2 atom stereocenters. The predicted octanol–water partition coefficient (Wildman–Crippen LogP) is 4.66. The Labute approximate surface area is 119 Å². The molecule has 2 heteroatoms. The van der Waals surface area contributed by atoms with E-state index in [1.807, 2.05) is 55.5 Å². The van der Waals surface area contributed by atoms with Gasteiger partial charge in [-0.25, -0.2) is 0 Å². The summed E-state index contributed by atoms with van der Waals surface area (Å²) >= 11 is 1.62. The van der Waals surface area contributed by atoms with Crippen molar-refractivity contribution in [3.63, 3.8) is 0 Å². The third kappa shape index (κ3) is 3.72. The van der Waals surface area contributed by atoms with E-state index in [1.165, 1.54) is 0 Å². The molecule has 0 saturated heterocycles. The lowest BCUT2D eigenvalue weighted by molar-refractivity contribution is 0.138. The maximum atomic E-state index is 10.4. The fourth-order valence-electron chi connectivity index (χ4n) is 1.85. The molecule has 19 heavy (non-hydrogen) atoms. The van der Waals surface area contributed by atoms with Crippen molar-refractivity contribution in [2.24, 2.45) is 5.92 Å². The van der Waals surface area contributed by atoms with Gasteiger partial charge >= 0.3 is 0 Å². The lowest BCUT2D eigenvalue weighted by atomic mass is 9.97. The average Bonchev–Trinajstić information content (AvgIpc) is 2.47. The number of rotatable bonds is 5. The van der Waals surface area contributed by atoms with Crippen LogP contribution in [0.15, 0.2) is 77.0 Å². The molecule has 0 amide bonds. The van der Waals surface area contributed by atoms with Crippen molar-refractivity contribution in [3.05, 3.63) is 77.7 Å². The first kappa shape index (κ1) is 13.9. The van der Waals surface area contributed by atoms with E-state index >= 15 is 0 Å². The van der Waals surface area contributed by atoms with Crippen molar-refractivity contribution in [3.8, 4) is 0 Å². The smallest absolute Gasteiger partial charge is 0.0860 e. The second-order valence-corrected chi connectivity index (χ2v) is 5.73. The molecule has 0 bridgehead atoms. The minimum Gasteiger partial charge on any atom is -0.388 e. The molecule has 1 N–H and O–H groups in total. The Morgan fingerprint density at radius 1 is 1.00 bits per heavy atom. The molecule has 0 aromatic heterocycles. The Morgan fingerprint density at radius 2 is 1.53 bits per heavy atom. The average molecular weight is 270 g/mol. The van der Waals surface area contributed by atoms with Crippen LogP contribution < -0.4 is 0 Å². The Balaban J connectivity index is 2.03. The lowest BCUT2D eigenvalue weighted by Gasteiger charge is -2.21. The van der Waals surface area contributed by atoms with Crippen LogP contribution in [0.3, 0.4) is 0 Å². The standard InChI is InChI=1S/C17H18OS/c1-13(17(18)15-9-5-3-6-10-15)14(2)19-16-11-7-4-8-12-16/h3-13,17-18H,2H2,1H3/t13-,17-/m0/s1. The Hall–Kier alpha value is -1.51. The molecule has 98 valence electrons. The summed E-state index contributed by atoms with van der Waals surface area (Å²) in [4.78, 5) is 2.13. The van der Waals surface area contributed by atoms with Crippen molar-refractivity contribution in [1.29, 1.82) is 0 Å². The van der Waals surface area contributed by atoms with Gasteiger partial charge in [0.15, 0.2) is 0 Å². The first-order chi connectivity index (χ1) is 9.18. The van der Waals surface area contributed by atoms with Crippen LogP contribution in [0.1, 0.15) is 18.6 Å². The highest BCUT2D eigenvalue weighted by atomic mass is 32.2. The summed E-state index contributed by atoms with van der Waals surface area (Å²) in [6.45, 7) is 6.11. The topological polar surface area (TPSA) is 20.2 Å². The first-order valence-corrected chi connectivity index (χ1v) is 7.15. The number of thioether (sulfide) groups is 1. The summed E-state index contributed by atoms with van der Waals surface area (Å²) in [5, 5.41) is 10.4. The van der Waals surface area contributed by atoms with E-state index in [9.17, 15) is 5.11 Å². The third-order valence-electron chi connectivity index (χ3n) is 3.11. The number of aliphatic hydroxyl groups excluding tert-OH is 1. The highest BCUT2D eigenvalue weighted by Crippen LogP contribution is 2.36. The molecule has 2 aromatic carbocycles. The van der Waals surface area contributed by atoms with Gasteiger partial charge in [-0.3, -0.25) is 0 Å². The molecule has 0 aliphatic heterocycles. The molecule has 2 aromatic rings. The Morgan fingerprint density at radius 3 is 2.11 bits per heavy atom. The molecule has 0 radical (unpaired) electrons. The second kappa shape index (κ2) is 6.60. The van der Waals surface area contributed by atoms with E-state index in [4.69, 9.17) is 0 Å². The highest BCUT2D eigenvalue weighted by molar-refractivity contribution is 8.03. The summed E-state index contributed by atoms with van der Waals surface area (Å²) in [5.74, 6) is 0.00704. The van der Waals surface area contributed by atoms with E-state index in [2.05, 4.69) is 18.7 Å². The monoisotopic (exact) mass is 270 g/mol. The zero-order chi connectivity index (χ0) is 13.7. The summed E-state index contributed by atoms with van der Waals surface area (Å²) in [6, 6.07) is 19.8. The van der Waals surface area contributed by atoms with Gasteiger partial charge in [-0.15, -0.1) is 0 Å². The van der Waals surface area contributed by atoms with Crippen molar-refractivity contribution >= 4 is 11.8 Å². The van der Waals surface area contributed by atoms with E-state index < -0.39 is 6.10 Å². The molecule has 0 aliphatic carbocycles. The van der Waals surface area contributed by atoms with Crippen LogP contribution in [0.4, 0.5) is 0 Å². The molecule has 0 unspecified atom stereocenters. The maximum Gasteiger partial charge on any atom is 0.0860 e. The van der Waals surface area contributed by atoms with Gasteiger partial charge in [0.25, 0.3) is 0 Å². The van der Waals surface area contributed by atoms with E-state index in [1.54, 1.807) is 11.8 Å². The lowest BCUT2D eigenvalue weighted by Crippen LogP contribution is -2.09. The van der Waals surface area contributed by atoms with Crippen molar-refractivity contribution < 1.29 is 5.11 Å². The van der Waals surface area contributed by atoms with Gasteiger partial charge in [0.1, 0.15) is 0 Å². The number of aliphatic hydroxyl groups is 1. The van der Waals surface area contributed by atoms with Gasteiger partial charge in [-0.2, -0.15) is 0 Å². The van der Waals surface area contributed by atoms with Crippen LogP contribution in [0.25, 0.3) is 0 Å².